The van der Waals surface area contributed by atoms with Crippen molar-refractivity contribution in [2.24, 2.45) is 0 Å². The second-order valence-electron chi connectivity index (χ2n) is 5.88. The lowest BCUT2D eigenvalue weighted by molar-refractivity contribution is 0.297. The molecule has 0 N–H and O–H groups in total. The molecule has 3 heteroatoms. The van der Waals surface area contributed by atoms with Crippen LogP contribution in [0.25, 0.3) is 5.57 Å². The summed E-state index contributed by atoms with van der Waals surface area (Å²) in [5.74, 6) is 1.20. The van der Waals surface area contributed by atoms with E-state index in [4.69, 9.17) is 0 Å². The minimum absolute atomic E-state index is 1.10. The van der Waals surface area contributed by atoms with Crippen molar-refractivity contribution >= 4 is 17.3 Å². The molecular weight excluding hydrogens is 300 g/mol. The van der Waals surface area contributed by atoms with E-state index in [1.807, 2.05) is 24.2 Å². The largest absolute Gasteiger partial charge is 0.299 e. The van der Waals surface area contributed by atoms with Crippen LogP contribution in [0.15, 0.2) is 65.8 Å². The zero-order chi connectivity index (χ0) is 15.7. The molecule has 120 valence electrons. The normalized spacial score (nSPS) is 15.4. The highest BCUT2D eigenvalue weighted by atomic mass is 32.2. The Morgan fingerprint density at radius 3 is 2.57 bits per heavy atom. The van der Waals surface area contributed by atoms with Crippen LogP contribution in [0.4, 0.5) is 0 Å². The Bertz CT molecular complexity index is 610. The fourth-order valence-corrected chi connectivity index (χ4v) is 3.79. The van der Waals surface area contributed by atoms with E-state index < -0.39 is 0 Å². The number of unbranched alkanes of at least 4 members (excludes halogenated alkanes) is 1. The first kappa shape index (κ1) is 16.3. The lowest BCUT2D eigenvalue weighted by Gasteiger charge is -2.26. The van der Waals surface area contributed by atoms with Crippen molar-refractivity contribution in [1.29, 1.82) is 0 Å². The fraction of sp³-hybridized carbons (Fsp3) is 0.350. The molecule has 2 heterocycles. The molecule has 0 radical (unpaired) electrons. The molecule has 1 aromatic carbocycles. The van der Waals surface area contributed by atoms with Gasteiger partial charge in [0.05, 0.1) is 0 Å². The van der Waals surface area contributed by atoms with Crippen LogP contribution < -0.4 is 0 Å². The maximum Gasteiger partial charge on any atom is 0.0278 e. The molecule has 23 heavy (non-hydrogen) atoms. The van der Waals surface area contributed by atoms with Crippen LogP contribution in [0.1, 0.15) is 24.8 Å². The summed E-state index contributed by atoms with van der Waals surface area (Å²) in [6.07, 6.45) is 9.88. The van der Waals surface area contributed by atoms with Gasteiger partial charge in [0, 0.05) is 30.4 Å². The lowest BCUT2D eigenvalue weighted by atomic mass is 9.99. The molecule has 0 amide bonds. The molecule has 1 aliphatic heterocycles. The van der Waals surface area contributed by atoms with Gasteiger partial charge in [0.2, 0.25) is 0 Å². The second-order valence-corrected chi connectivity index (χ2v) is 7.05. The van der Waals surface area contributed by atoms with Crippen molar-refractivity contribution in [1.82, 2.24) is 9.88 Å². The number of pyridine rings is 1. The number of benzene rings is 1. The van der Waals surface area contributed by atoms with Gasteiger partial charge in [-0.05, 0) is 54.8 Å². The van der Waals surface area contributed by atoms with E-state index in [0.717, 1.165) is 6.54 Å². The van der Waals surface area contributed by atoms with E-state index in [9.17, 15) is 0 Å². The van der Waals surface area contributed by atoms with E-state index in [-0.39, 0.29) is 0 Å². The maximum absolute atomic E-state index is 4.05. The van der Waals surface area contributed by atoms with Gasteiger partial charge in [-0.3, -0.25) is 9.88 Å². The number of nitrogens with zero attached hydrogens (tertiary/aromatic N) is 2. The van der Waals surface area contributed by atoms with Crippen molar-refractivity contribution in [2.75, 3.05) is 25.4 Å². The highest BCUT2D eigenvalue weighted by Gasteiger charge is 2.12. The monoisotopic (exact) mass is 324 g/mol. The lowest BCUT2D eigenvalue weighted by Crippen LogP contribution is -2.29. The van der Waals surface area contributed by atoms with Crippen LogP contribution >= 0.6 is 11.8 Å². The van der Waals surface area contributed by atoms with Crippen molar-refractivity contribution < 1.29 is 0 Å². The third-order valence-corrected chi connectivity index (χ3v) is 5.32. The van der Waals surface area contributed by atoms with Gasteiger partial charge in [-0.25, -0.2) is 0 Å². The summed E-state index contributed by atoms with van der Waals surface area (Å²) >= 11 is 1.93. The van der Waals surface area contributed by atoms with Gasteiger partial charge in [-0.2, -0.15) is 0 Å². The number of hydrogen-bond donors (Lipinski definition) is 0. The van der Waals surface area contributed by atoms with Crippen LogP contribution in [-0.2, 0) is 0 Å². The average Bonchev–Trinajstić information content (AvgIpc) is 2.64. The predicted molar refractivity (Wildman–Crippen MR) is 99.7 cm³/mol. The third-order valence-electron chi connectivity index (χ3n) is 4.22. The Labute approximate surface area is 143 Å². The quantitative estimate of drug-likeness (QED) is 0.540. The van der Waals surface area contributed by atoms with E-state index in [2.05, 4.69) is 58.4 Å². The van der Waals surface area contributed by atoms with Gasteiger partial charge in [0.1, 0.15) is 0 Å². The second kappa shape index (κ2) is 8.90. The summed E-state index contributed by atoms with van der Waals surface area (Å²) in [6, 6.07) is 15.0. The van der Waals surface area contributed by atoms with Gasteiger partial charge >= 0.3 is 0 Å². The topological polar surface area (TPSA) is 16.1 Å². The van der Waals surface area contributed by atoms with E-state index in [1.54, 1.807) is 0 Å². The molecule has 0 bridgehead atoms. The molecule has 0 saturated carbocycles. The first-order chi connectivity index (χ1) is 11.4. The van der Waals surface area contributed by atoms with E-state index in [0.29, 0.717) is 0 Å². The molecule has 0 aliphatic carbocycles. The SMILES string of the molecule is C1=C(c2ccccc2)CCN(CCCCSc2ccncc2)C1. The van der Waals surface area contributed by atoms with Crippen LogP contribution in [-0.4, -0.2) is 35.3 Å². The molecule has 0 unspecified atom stereocenters. The van der Waals surface area contributed by atoms with Crippen molar-refractivity contribution in [3.8, 4) is 0 Å². The van der Waals surface area contributed by atoms with E-state index in [1.165, 1.54) is 54.1 Å². The minimum atomic E-state index is 1.10. The Morgan fingerprint density at radius 2 is 1.83 bits per heavy atom. The zero-order valence-corrected chi connectivity index (χ0v) is 14.3. The third kappa shape index (κ3) is 5.22. The highest BCUT2D eigenvalue weighted by Crippen LogP contribution is 2.22. The molecule has 0 fully saturated rings. The molecule has 0 atom stereocenters. The standard InChI is InChI=1S/C20H24N2S/c1-2-6-18(7-3-1)19-10-15-22(16-11-19)14-4-5-17-23-20-8-12-21-13-9-20/h1-3,6-10,12-13H,4-5,11,14-17H2. The van der Waals surface area contributed by atoms with Crippen molar-refractivity contribution in [3.63, 3.8) is 0 Å². The van der Waals surface area contributed by atoms with E-state index >= 15 is 0 Å². The van der Waals surface area contributed by atoms with Gasteiger partial charge in [0.25, 0.3) is 0 Å². The molecule has 0 spiro atoms. The summed E-state index contributed by atoms with van der Waals surface area (Å²) in [5.41, 5.74) is 2.90. The van der Waals surface area contributed by atoms with Crippen molar-refractivity contribution in [3.05, 3.63) is 66.5 Å². The van der Waals surface area contributed by atoms with Crippen LogP contribution in [0.3, 0.4) is 0 Å². The predicted octanol–water partition coefficient (Wildman–Crippen LogP) is 4.74. The summed E-state index contributed by atoms with van der Waals surface area (Å²) in [7, 11) is 0. The first-order valence-corrected chi connectivity index (χ1v) is 9.40. The molecule has 2 nitrogen and oxygen atoms in total. The smallest absolute Gasteiger partial charge is 0.0278 e. The molecule has 3 rings (SSSR count). The highest BCUT2D eigenvalue weighted by molar-refractivity contribution is 7.99. The van der Waals surface area contributed by atoms with Crippen molar-refractivity contribution in [2.45, 2.75) is 24.2 Å². The molecule has 1 aromatic heterocycles. The molecule has 1 aliphatic rings. The van der Waals surface area contributed by atoms with Gasteiger partial charge < -0.3 is 0 Å². The maximum atomic E-state index is 4.05. The van der Waals surface area contributed by atoms with Crippen LogP contribution in [0, 0.1) is 0 Å². The molecule has 2 aromatic rings. The summed E-state index contributed by atoms with van der Waals surface area (Å²) < 4.78 is 0. The zero-order valence-electron chi connectivity index (χ0n) is 13.5. The van der Waals surface area contributed by atoms with Gasteiger partial charge in [0.15, 0.2) is 0 Å². The Morgan fingerprint density at radius 1 is 1.00 bits per heavy atom. The molecule has 0 saturated heterocycles. The Balaban J connectivity index is 1.34. The average molecular weight is 324 g/mol. The number of aromatic nitrogens is 1. The van der Waals surface area contributed by atoms with Crippen LogP contribution in [0.5, 0.6) is 0 Å². The number of rotatable bonds is 7. The summed E-state index contributed by atoms with van der Waals surface area (Å²) in [6.45, 7) is 3.51. The Hall–Kier alpha value is -1.58. The number of thioether (sulfide) groups is 1. The summed E-state index contributed by atoms with van der Waals surface area (Å²) in [4.78, 5) is 7.95. The fourth-order valence-electron chi connectivity index (χ4n) is 2.89. The minimum Gasteiger partial charge on any atom is -0.299 e. The van der Waals surface area contributed by atoms with Gasteiger partial charge in [-0.1, -0.05) is 36.4 Å². The first-order valence-electron chi connectivity index (χ1n) is 8.41. The van der Waals surface area contributed by atoms with Crippen LogP contribution in [0.2, 0.25) is 0 Å². The Kier molecular flexibility index (Phi) is 6.30. The summed E-state index contributed by atoms with van der Waals surface area (Å²) in [5, 5.41) is 0. The number of hydrogen-bond acceptors (Lipinski definition) is 3. The molecular formula is C20H24N2S. The van der Waals surface area contributed by atoms with Gasteiger partial charge in [-0.15, -0.1) is 11.8 Å².